The van der Waals surface area contributed by atoms with Gasteiger partial charge in [0.25, 0.3) is 11.6 Å². The van der Waals surface area contributed by atoms with Crippen molar-refractivity contribution < 1.29 is 18.9 Å². The zero-order chi connectivity index (χ0) is 21.0. The minimum Gasteiger partial charge on any atom is -0.469 e. The normalized spacial score (nSPS) is 10.5. The average molecular weight is 417 g/mol. The molecule has 0 saturated carbocycles. The fourth-order valence-corrected chi connectivity index (χ4v) is 2.96. The second kappa shape index (κ2) is 8.43. The zero-order valence-electron chi connectivity index (χ0n) is 15.0. The molecular formula is C16H15N7O5S. The number of rotatable bonds is 6. The maximum atomic E-state index is 12.0. The molecule has 150 valence electrons. The van der Waals surface area contributed by atoms with Crippen LogP contribution in [0, 0.1) is 17.0 Å². The van der Waals surface area contributed by atoms with Crippen molar-refractivity contribution in [3.8, 4) is 11.4 Å². The minimum atomic E-state index is -0.688. The van der Waals surface area contributed by atoms with E-state index < -0.39 is 16.7 Å². The van der Waals surface area contributed by atoms with Crippen LogP contribution in [0.1, 0.15) is 16.1 Å². The number of carbonyl (C=O) groups is 2. The van der Waals surface area contributed by atoms with E-state index in [-0.39, 0.29) is 17.0 Å². The second-order valence-corrected chi connectivity index (χ2v) is 6.61. The number of nitrogen functional groups attached to an aromatic ring is 1. The Morgan fingerprint density at radius 3 is 2.79 bits per heavy atom. The molecule has 0 fully saturated rings. The van der Waals surface area contributed by atoms with Gasteiger partial charge >= 0.3 is 0 Å². The van der Waals surface area contributed by atoms with Gasteiger partial charge in [-0.15, -0.1) is 10.2 Å². The molecule has 0 aliphatic carbocycles. The van der Waals surface area contributed by atoms with E-state index in [1.54, 1.807) is 13.0 Å². The molecule has 0 spiro atoms. The number of non-ortho nitro benzene ring substituents is 1. The lowest BCUT2D eigenvalue weighted by Crippen LogP contribution is -2.42. The number of hydrogen-bond donors (Lipinski definition) is 3. The van der Waals surface area contributed by atoms with Gasteiger partial charge in [-0.05, 0) is 19.1 Å². The first-order chi connectivity index (χ1) is 13.9. The molecule has 3 rings (SSSR count). The van der Waals surface area contributed by atoms with Crippen molar-refractivity contribution in [2.24, 2.45) is 0 Å². The molecule has 2 aromatic heterocycles. The van der Waals surface area contributed by atoms with E-state index in [2.05, 4.69) is 21.0 Å². The first kappa shape index (κ1) is 19.9. The van der Waals surface area contributed by atoms with Gasteiger partial charge in [-0.3, -0.25) is 30.6 Å². The van der Waals surface area contributed by atoms with Crippen LogP contribution >= 0.6 is 11.8 Å². The minimum absolute atomic E-state index is 0.0361. The predicted molar refractivity (Wildman–Crippen MR) is 102 cm³/mol. The number of nitro groups is 1. The summed E-state index contributed by atoms with van der Waals surface area (Å²) in [5, 5.41) is 19.0. The van der Waals surface area contributed by atoms with Gasteiger partial charge in [0.15, 0.2) is 5.82 Å². The van der Waals surface area contributed by atoms with Gasteiger partial charge < -0.3 is 10.3 Å². The lowest BCUT2D eigenvalue weighted by atomic mass is 10.2. The Balaban J connectivity index is 1.54. The number of amides is 2. The van der Waals surface area contributed by atoms with Gasteiger partial charge in [-0.1, -0.05) is 17.8 Å². The van der Waals surface area contributed by atoms with Crippen LogP contribution in [0.25, 0.3) is 11.4 Å². The van der Waals surface area contributed by atoms with Crippen LogP contribution in [-0.4, -0.2) is 37.4 Å². The first-order valence-electron chi connectivity index (χ1n) is 8.08. The Morgan fingerprint density at radius 1 is 1.31 bits per heavy atom. The van der Waals surface area contributed by atoms with E-state index in [1.165, 1.54) is 29.1 Å². The van der Waals surface area contributed by atoms with Crippen LogP contribution in [-0.2, 0) is 4.79 Å². The molecule has 12 nitrogen and oxygen atoms in total. The number of hydrogen-bond acceptors (Lipinski definition) is 9. The molecule has 29 heavy (non-hydrogen) atoms. The number of hydrazine groups is 1. The molecular weight excluding hydrogens is 402 g/mol. The number of thioether (sulfide) groups is 1. The van der Waals surface area contributed by atoms with Gasteiger partial charge in [0.05, 0.1) is 22.5 Å². The van der Waals surface area contributed by atoms with Crippen molar-refractivity contribution in [1.29, 1.82) is 0 Å². The largest absolute Gasteiger partial charge is 0.469 e. The van der Waals surface area contributed by atoms with Gasteiger partial charge in [0.2, 0.25) is 11.1 Å². The maximum Gasteiger partial charge on any atom is 0.270 e. The van der Waals surface area contributed by atoms with Crippen LogP contribution in [0.4, 0.5) is 5.69 Å². The summed E-state index contributed by atoms with van der Waals surface area (Å²) < 4.78 is 6.44. The zero-order valence-corrected chi connectivity index (χ0v) is 15.8. The fraction of sp³-hybridized carbons (Fsp3) is 0.125. The van der Waals surface area contributed by atoms with Gasteiger partial charge in [0.1, 0.15) is 5.76 Å². The summed E-state index contributed by atoms with van der Waals surface area (Å²) in [6, 6.07) is 6.83. The van der Waals surface area contributed by atoms with Crippen molar-refractivity contribution in [1.82, 2.24) is 25.7 Å². The van der Waals surface area contributed by atoms with Crippen LogP contribution < -0.4 is 16.7 Å². The highest BCUT2D eigenvalue weighted by Crippen LogP contribution is 2.24. The number of benzene rings is 1. The number of aromatic nitrogens is 3. The summed E-state index contributed by atoms with van der Waals surface area (Å²) in [5.74, 6) is 5.65. The SMILES string of the molecule is Cc1occc1-c1nnc(SCC(=O)NNC(=O)c2cccc([N+](=O)[O-])c2)n1N. The van der Waals surface area contributed by atoms with E-state index in [0.717, 1.165) is 17.8 Å². The number of nitrogens with two attached hydrogens (primary N) is 1. The number of furan rings is 1. The third kappa shape index (κ3) is 4.52. The smallest absolute Gasteiger partial charge is 0.270 e. The van der Waals surface area contributed by atoms with Crippen molar-refractivity contribution in [2.75, 3.05) is 11.6 Å². The standard InChI is InChI=1S/C16H15N7O5S/c1-9-12(5-6-28-9)14-19-21-16(22(14)17)29-8-13(24)18-20-15(25)10-3-2-4-11(7-10)23(26)27/h2-7H,8,17H2,1H3,(H,18,24)(H,20,25). The molecule has 0 unspecified atom stereocenters. The lowest BCUT2D eigenvalue weighted by molar-refractivity contribution is -0.384. The highest BCUT2D eigenvalue weighted by atomic mass is 32.2. The molecule has 0 aliphatic rings. The molecule has 3 aromatic rings. The number of carbonyl (C=O) groups excluding carboxylic acids is 2. The van der Waals surface area contributed by atoms with E-state index >= 15 is 0 Å². The van der Waals surface area contributed by atoms with Crippen LogP contribution in [0.15, 0.2) is 46.2 Å². The Labute approximate surface area is 167 Å². The maximum absolute atomic E-state index is 12.0. The van der Waals surface area contributed by atoms with Crippen LogP contribution in [0.2, 0.25) is 0 Å². The third-order valence-corrected chi connectivity index (χ3v) is 4.67. The number of nitro benzene ring substituents is 1. The molecule has 2 heterocycles. The second-order valence-electron chi connectivity index (χ2n) is 5.67. The quantitative estimate of drug-likeness (QED) is 0.229. The summed E-state index contributed by atoms with van der Waals surface area (Å²) in [7, 11) is 0. The molecule has 0 radical (unpaired) electrons. The predicted octanol–water partition coefficient (Wildman–Crippen LogP) is 1.02. The number of nitrogens with one attached hydrogen (secondary N) is 2. The highest BCUT2D eigenvalue weighted by molar-refractivity contribution is 7.99. The summed E-state index contributed by atoms with van der Waals surface area (Å²) >= 11 is 1.01. The summed E-state index contributed by atoms with van der Waals surface area (Å²) in [6.45, 7) is 1.76. The summed E-state index contributed by atoms with van der Waals surface area (Å²) in [5.41, 5.74) is 4.90. The lowest BCUT2D eigenvalue weighted by Gasteiger charge is -2.07. The van der Waals surface area contributed by atoms with E-state index in [1.807, 2.05) is 0 Å². The Bertz CT molecular complexity index is 1080. The van der Waals surface area contributed by atoms with Crippen LogP contribution in [0.5, 0.6) is 0 Å². The van der Waals surface area contributed by atoms with Crippen molar-refractivity contribution >= 4 is 29.3 Å². The average Bonchev–Trinajstić information content (AvgIpc) is 3.29. The molecule has 13 heteroatoms. The highest BCUT2D eigenvalue weighted by Gasteiger charge is 2.17. The Hall–Kier alpha value is -3.87. The van der Waals surface area contributed by atoms with Gasteiger partial charge in [-0.2, -0.15) is 0 Å². The van der Waals surface area contributed by atoms with Gasteiger partial charge in [-0.25, -0.2) is 4.68 Å². The van der Waals surface area contributed by atoms with Gasteiger partial charge in [0, 0.05) is 17.7 Å². The monoisotopic (exact) mass is 417 g/mol. The summed E-state index contributed by atoms with van der Waals surface area (Å²) in [6.07, 6.45) is 1.50. The number of nitrogens with zero attached hydrogens (tertiary/aromatic N) is 4. The molecule has 1 aromatic carbocycles. The Kier molecular flexibility index (Phi) is 5.78. The molecule has 0 aliphatic heterocycles. The molecule has 4 N–H and O–H groups in total. The topological polar surface area (TPSA) is 171 Å². The van der Waals surface area contributed by atoms with E-state index in [0.29, 0.717) is 22.3 Å². The van der Waals surface area contributed by atoms with E-state index in [4.69, 9.17) is 10.3 Å². The molecule has 0 saturated heterocycles. The fourth-order valence-electron chi connectivity index (χ4n) is 2.30. The van der Waals surface area contributed by atoms with Crippen LogP contribution in [0.3, 0.4) is 0 Å². The first-order valence-corrected chi connectivity index (χ1v) is 9.06. The molecule has 0 atom stereocenters. The van der Waals surface area contributed by atoms with E-state index in [9.17, 15) is 19.7 Å². The Morgan fingerprint density at radius 2 is 2.10 bits per heavy atom. The molecule has 0 bridgehead atoms. The molecule has 2 amide bonds. The van der Waals surface area contributed by atoms with Crippen molar-refractivity contribution in [3.63, 3.8) is 0 Å². The van der Waals surface area contributed by atoms with Crippen molar-refractivity contribution in [2.45, 2.75) is 12.1 Å². The summed E-state index contributed by atoms with van der Waals surface area (Å²) in [4.78, 5) is 34.1. The number of aryl methyl sites for hydroxylation is 1. The third-order valence-electron chi connectivity index (χ3n) is 3.73. The van der Waals surface area contributed by atoms with Crippen molar-refractivity contribution in [3.05, 3.63) is 58.0 Å².